The number of furan rings is 2. The fraction of sp³-hybridized carbons (Fsp3) is 0.0250. The predicted molar refractivity (Wildman–Crippen MR) is 190 cm³/mol. The van der Waals surface area contributed by atoms with Crippen molar-refractivity contribution in [2.45, 2.75) is 0 Å². The van der Waals surface area contributed by atoms with E-state index in [9.17, 15) is 0 Å². The monoisotopic (exact) mass is 830 g/mol. The number of aromatic nitrogens is 4. The van der Waals surface area contributed by atoms with E-state index >= 15 is 0 Å². The van der Waals surface area contributed by atoms with E-state index in [-0.39, 0.29) is 21.1 Å². The van der Waals surface area contributed by atoms with Gasteiger partial charge < -0.3 is 27.8 Å². The standard InChI is InChI=1S/C40H23N6O3.Pt/c1-43-18-19-44(23-43)24-20-28-37-34(16-14-27-26-8-2-5-11-33(26)48-39(27)37)49-38(28)35(21-24)47-25-13-15-31-32(22-25)46(36-12-6-7-17-41-36)40-42-29-9-3-4-10-30(29)45(31)40;/h2-20,23H,1H3;/q-3;. The number of rotatable bonds is 4. The average molecular weight is 831 g/mol. The average Bonchev–Trinajstić information content (AvgIpc) is 3.94. The van der Waals surface area contributed by atoms with Crippen molar-refractivity contribution in [2.75, 3.05) is 11.9 Å². The second kappa shape index (κ2) is 10.7. The summed E-state index contributed by atoms with van der Waals surface area (Å²) in [5.41, 5.74) is 7.28. The molecule has 0 spiro atoms. The number of fused-ring (bicyclic) bond motifs is 12. The molecule has 0 saturated carbocycles. The largest absolute Gasteiger partial charge is 0.512 e. The first kappa shape index (κ1) is 28.9. The number of ether oxygens (including phenoxy) is 1. The maximum Gasteiger partial charge on any atom is 0.208 e. The normalized spacial score (nSPS) is 13.3. The number of para-hydroxylation sites is 3. The van der Waals surface area contributed by atoms with Gasteiger partial charge in [-0.1, -0.05) is 41.8 Å². The maximum absolute atomic E-state index is 6.70. The van der Waals surface area contributed by atoms with Crippen LogP contribution in [0.25, 0.3) is 77.5 Å². The minimum Gasteiger partial charge on any atom is -0.512 e. The van der Waals surface area contributed by atoms with E-state index in [1.165, 1.54) is 0 Å². The molecule has 11 rings (SSSR count). The number of nitrogens with zero attached hydrogens (tertiary/aromatic N) is 6. The molecule has 0 fully saturated rings. The molecule has 5 aromatic heterocycles. The Morgan fingerprint density at radius 1 is 0.760 bits per heavy atom. The van der Waals surface area contributed by atoms with Crippen molar-refractivity contribution >= 4 is 77.4 Å². The summed E-state index contributed by atoms with van der Waals surface area (Å²) in [6, 6.07) is 39.1. The van der Waals surface area contributed by atoms with Gasteiger partial charge in [0.2, 0.25) is 5.78 Å². The fourth-order valence-corrected chi connectivity index (χ4v) is 7.03. The van der Waals surface area contributed by atoms with Crippen LogP contribution < -0.4 is 9.64 Å². The molecule has 0 atom stereocenters. The van der Waals surface area contributed by atoms with Crippen molar-refractivity contribution in [2.24, 2.45) is 0 Å². The smallest absolute Gasteiger partial charge is 0.208 e. The quantitative estimate of drug-likeness (QED) is 0.164. The molecular weight excluding hydrogens is 808 g/mol. The first-order valence-electron chi connectivity index (χ1n) is 15.9. The van der Waals surface area contributed by atoms with E-state index < -0.39 is 0 Å². The van der Waals surface area contributed by atoms with Gasteiger partial charge in [0, 0.05) is 49.2 Å². The third-order valence-electron chi connectivity index (χ3n) is 9.19. The van der Waals surface area contributed by atoms with Gasteiger partial charge in [-0.05, 0) is 72.9 Å². The summed E-state index contributed by atoms with van der Waals surface area (Å²) >= 11 is 0. The molecule has 0 N–H and O–H groups in total. The van der Waals surface area contributed by atoms with Crippen molar-refractivity contribution in [1.82, 2.24) is 23.8 Å². The van der Waals surface area contributed by atoms with Crippen LogP contribution in [0.4, 0.5) is 5.69 Å². The SMILES string of the molecule is CN1C=CN(c2[c-]c(Oc3[c-]c4c(cc3)n3c5ccccc5nc3n4-c3ccccn3)c3oc4ccc5c6ccccc6oc5c4c3c2)[CH-]1.[Pt]. The summed E-state index contributed by atoms with van der Waals surface area (Å²) in [6.45, 7) is 1.98. The minimum atomic E-state index is 0. The van der Waals surface area contributed by atoms with Crippen molar-refractivity contribution in [1.29, 1.82) is 0 Å². The Kier molecular flexibility index (Phi) is 6.20. The van der Waals surface area contributed by atoms with Crippen molar-refractivity contribution < 1.29 is 34.6 Å². The summed E-state index contributed by atoms with van der Waals surface area (Å²) < 4.78 is 23.8. The summed E-state index contributed by atoms with van der Waals surface area (Å²) in [4.78, 5) is 13.6. The zero-order chi connectivity index (χ0) is 32.2. The van der Waals surface area contributed by atoms with Gasteiger partial charge in [0.25, 0.3) is 0 Å². The zero-order valence-electron chi connectivity index (χ0n) is 26.3. The Morgan fingerprint density at radius 2 is 1.62 bits per heavy atom. The molecule has 6 heterocycles. The molecule has 10 aromatic rings. The Morgan fingerprint density at radius 3 is 2.50 bits per heavy atom. The molecule has 0 saturated heterocycles. The Balaban J connectivity index is 0.00000316. The first-order chi connectivity index (χ1) is 24.2. The van der Waals surface area contributed by atoms with Crippen LogP contribution in [0.3, 0.4) is 0 Å². The van der Waals surface area contributed by atoms with E-state index in [0.29, 0.717) is 22.7 Å². The number of anilines is 1. The zero-order valence-corrected chi connectivity index (χ0v) is 28.5. The van der Waals surface area contributed by atoms with Gasteiger partial charge in [-0.25, -0.2) is 9.97 Å². The maximum atomic E-state index is 6.70. The first-order valence-corrected chi connectivity index (χ1v) is 15.9. The predicted octanol–water partition coefficient (Wildman–Crippen LogP) is 9.36. The summed E-state index contributed by atoms with van der Waals surface area (Å²) in [5.74, 6) is 2.41. The number of benzene rings is 5. The Labute approximate surface area is 298 Å². The topological polar surface area (TPSA) is 77.1 Å². The van der Waals surface area contributed by atoms with E-state index in [1.807, 2.05) is 113 Å². The molecule has 0 unspecified atom stereocenters. The van der Waals surface area contributed by atoms with Gasteiger partial charge in [-0.15, -0.1) is 36.0 Å². The van der Waals surface area contributed by atoms with Crippen molar-refractivity contribution in [3.05, 3.63) is 134 Å². The number of imidazole rings is 2. The molecule has 10 heteroatoms. The van der Waals surface area contributed by atoms with Crippen LogP contribution in [0, 0.1) is 18.8 Å². The molecule has 9 nitrogen and oxygen atoms in total. The van der Waals surface area contributed by atoms with Gasteiger partial charge >= 0.3 is 0 Å². The number of pyridine rings is 1. The van der Waals surface area contributed by atoms with E-state index in [1.54, 1.807) is 6.20 Å². The summed E-state index contributed by atoms with van der Waals surface area (Å²) in [5, 5.41) is 3.84. The molecule has 0 radical (unpaired) electrons. The van der Waals surface area contributed by atoms with E-state index in [4.69, 9.17) is 18.6 Å². The van der Waals surface area contributed by atoms with Gasteiger partial charge in [-0.2, -0.15) is 6.67 Å². The van der Waals surface area contributed by atoms with Crippen molar-refractivity contribution in [3.8, 4) is 17.3 Å². The summed E-state index contributed by atoms with van der Waals surface area (Å²) in [7, 11) is 1.98. The van der Waals surface area contributed by atoms with Crippen LogP contribution in [0.1, 0.15) is 0 Å². The second-order valence-electron chi connectivity index (χ2n) is 12.1. The van der Waals surface area contributed by atoms with Crippen LogP contribution in [0.2, 0.25) is 0 Å². The second-order valence-corrected chi connectivity index (χ2v) is 12.1. The fourth-order valence-electron chi connectivity index (χ4n) is 7.03. The van der Waals surface area contributed by atoms with Crippen LogP contribution in [0.15, 0.2) is 124 Å². The Bertz CT molecular complexity index is 2990. The molecule has 0 amide bonds. The van der Waals surface area contributed by atoms with Crippen LogP contribution >= 0.6 is 0 Å². The van der Waals surface area contributed by atoms with Crippen LogP contribution in [-0.2, 0) is 21.1 Å². The molecule has 0 aliphatic carbocycles. The number of hydrogen-bond donors (Lipinski definition) is 0. The third-order valence-corrected chi connectivity index (χ3v) is 9.19. The molecule has 5 aromatic carbocycles. The minimum absolute atomic E-state index is 0. The molecule has 244 valence electrons. The Hall–Kier alpha value is -6.05. The van der Waals surface area contributed by atoms with Gasteiger partial charge in [0.05, 0.1) is 22.4 Å². The summed E-state index contributed by atoms with van der Waals surface area (Å²) in [6.07, 6.45) is 5.75. The third kappa shape index (κ3) is 4.10. The van der Waals surface area contributed by atoms with E-state index in [0.717, 1.165) is 72.1 Å². The van der Waals surface area contributed by atoms with Gasteiger partial charge in [-0.3, -0.25) is 4.57 Å². The van der Waals surface area contributed by atoms with Gasteiger partial charge in [0.1, 0.15) is 22.6 Å². The number of hydrogen-bond acceptors (Lipinski definition) is 7. The van der Waals surface area contributed by atoms with Gasteiger partial charge in [0.15, 0.2) is 0 Å². The van der Waals surface area contributed by atoms with E-state index in [2.05, 4.69) is 45.8 Å². The molecule has 50 heavy (non-hydrogen) atoms. The molecule has 1 aliphatic rings. The molecular formula is C40H23N6O3Pt-3. The van der Waals surface area contributed by atoms with Crippen LogP contribution in [-0.4, -0.2) is 30.9 Å². The molecule has 0 bridgehead atoms. The van der Waals surface area contributed by atoms with Crippen molar-refractivity contribution in [3.63, 3.8) is 0 Å². The molecule has 1 aliphatic heterocycles. The van der Waals surface area contributed by atoms with Crippen LogP contribution in [0.5, 0.6) is 11.5 Å².